The second-order valence-electron chi connectivity index (χ2n) is 4.40. The summed E-state index contributed by atoms with van der Waals surface area (Å²) in [4.78, 5) is 26.5. The summed E-state index contributed by atoms with van der Waals surface area (Å²) >= 11 is 1.34. The average molecular weight is 310 g/mol. The van der Waals surface area contributed by atoms with E-state index in [4.69, 9.17) is 10.8 Å². The van der Waals surface area contributed by atoms with Gasteiger partial charge >= 0.3 is 5.97 Å². The molecule has 4 N–H and O–H groups in total. The number of nitrogens with two attached hydrogens (primary N) is 1. The highest BCUT2D eigenvalue weighted by molar-refractivity contribution is 7.13. The Morgan fingerprint density at radius 1 is 1.57 bits per heavy atom. The van der Waals surface area contributed by atoms with Crippen molar-refractivity contribution in [1.82, 2.24) is 20.0 Å². The van der Waals surface area contributed by atoms with Gasteiger partial charge in [-0.25, -0.2) is 9.67 Å². The zero-order chi connectivity index (χ0) is 15.4. The van der Waals surface area contributed by atoms with E-state index in [2.05, 4.69) is 20.6 Å². The first kappa shape index (κ1) is 15.1. The molecular weight excluding hydrogens is 296 g/mol. The van der Waals surface area contributed by atoms with Gasteiger partial charge in [-0.3, -0.25) is 9.59 Å². The molecule has 0 fully saturated rings. The van der Waals surface area contributed by atoms with Crippen molar-refractivity contribution in [1.29, 1.82) is 0 Å². The van der Waals surface area contributed by atoms with Crippen molar-refractivity contribution in [3.05, 3.63) is 23.0 Å². The van der Waals surface area contributed by atoms with Crippen LogP contribution in [0.3, 0.4) is 0 Å². The summed E-state index contributed by atoms with van der Waals surface area (Å²) in [5.41, 5.74) is 6.65. The fourth-order valence-electron chi connectivity index (χ4n) is 1.54. The third-order valence-corrected chi connectivity index (χ3v) is 3.38. The summed E-state index contributed by atoms with van der Waals surface area (Å²) in [5, 5.41) is 21.2. The lowest BCUT2D eigenvalue weighted by atomic mass is 10.2. The first-order chi connectivity index (χ1) is 9.94. The van der Waals surface area contributed by atoms with Gasteiger partial charge in [0.25, 0.3) is 0 Å². The Hall–Kier alpha value is -2.33. The molecule has 0 aromatic carbocycles. The summed E-state index contributed by atoms with van der Waals surface area (Å²) < 4.78 is 1.32. The van der Waals surface area contributed by atoms with E-state index in [1.165, 1.54) is 22.2 Å². The fraction of sp³-hybridized carbons (Fsp3) is 0.364. The van der Waals surface area contributed by atoms with E-state index in [0.717, 1.165) is 5.69 Å². The fourth-order valence-corrected chi connectivity index (χ4v) is 2.24. The Morgan fingerprint density at radius 3 is 2.95 bits per heavy atom. The number of aryl methyl sites for hydroxylation is 1. The van der Waals surface area contributed by atoms with Crippen LogP contribution in [0.15, 0.2) is 11.6 Å². The molecule has 0 spiro atoms. The van der Waals surface area contributed by atoms with Gasteiger partial charge in [-0.05, 0) is 6.92 Å². The van der Waals surface area contributed by atoms with Gasteiger partial charge in [0.1, 0.15) is 12.6 Å². The number of carbonyl (C=O) groups excluding carboxylic acids is 1. The van der Waals surface area contributed by atoms with Crippen molar-refractivity contribution in [2.45, 2.75) is 25.9 Å². The van der Waals surface area contributed by atoms with Crippen LogP contribution in [0, 0.1) is 6.92 Å². The molecule has 1 amide bonds. The maximum atomic E-state index is 11.8. The molecule has 0 aliphatic heterocycles. The first-order valence-corrected chi connectivity index (χ1v) is 6.91. The summed E-state index contributed by atoms with van der Waals surface area (Å²) in [6.07, 6.45) is 1.55. The van der Waals surface area contributed by atoms with Gasteiger partial charge in [0.05, 0.1) is 11.4 Å². The molecule has 2 aromatic rings. The van der Waals surface area contributed by atoms with Crippen molar-refractivity contribution < 1.29 is 14.7 Å². The van der Waals surface area contributed by atoms with E-state index < -0.39 is 12.0 Å². The number of carbonyl (C=O) groups is 2. The highest BCUT2D eigenvalue weighted by Crippen LogP contribution is 2.14. The third-order valence-electron chi connectivity index (χ3n) is 2.50. The molecule has 0 saturated heterocycles. The predicted octanol–water partition coefficient (Wildman–Crippen LogP) is -0.364. The van der Waals surface area contributed by atoms with E-state index in [-0.39, 0.29) is 18.9 Å². The number of thiazole rings is 1. The number of carboxylic acid groups (broad SMARTS) is 1. The van der Waals surface area contributed by atoms with Crippen LogP contribution in [0.4, 0.5) is 5.13 Å². The second-order valence-corrected chi connectivity index (χ2v) is 5.26. The standard InChI is InChI=1S/C11H14N6O3S/c1-6-5-21-11(13-6)14-9(18)4-17-3-7(15-16-17)2-8(12)10(19)20/h3,5,8H,2,4,12H2,1H3,(H,19,20)(H,13,14,18). The largest absolute Gasteiger partial charge is 0.480 e. The number of nitrogens with one attached hydrogen (secondary N) is 1. The molecule has 0 saturated carbocycles. The average Bonchev–Trinajstić information content (AvgIpc) is 2.99. The number of aliphatic carboxylic acids is 1. The number of hydrogen-bond acceptors (Lipinski definition) is 7. The van der Waals surface area contributed by atoms with Crippen molar-refractivity contribution in [2.24, 2.45) is 5.73 Å². The molecule has 0 aliphatic rings. The van der Waals surface area contributed by atoms with Gasteiger partial charge in [0.15, 0.2) is 5.13 Å². The molecule has 0 aliphatic carbocycles. The van der Waals surface area contributed by atoms with Gasteiger partial charge in [-0.1, -0.05) is 5.21 Å². The van der Waals surface area contributed by atoms with Gasteiger partial charge in [-0.2, -0.15) is 0 Å². The Balaban J connectivity index is 1.90. The lowest BCUT2D eigenvalue weighted by Crippen LogP contribution is -2.32. The zero-order valence-electron chi connectivity index (χ0n) is 11.2. The molecule has 21 heavy (non-hydrogen) atoms. The van der Waals surface area contributed by atoms with Crippen LogP contribution < -0.4 is 11.1 Å². The number of anilines is 1. The molecule has 2 aromatic heterocycles. The number of rotatable bonds is 6. The number of carboxylic acids is 1. The Morgan fingerprint density at radius 2 is 2.33 bits per heavy atom. The summed E-state index contributed by atoms with van der Waals surface area (Å²) in [7, 11) is 0. The third kappa shape index (κ3) is 4.33. The molecular formula is C11H14N6O3S. The van der Waals surface area contributed by atoms with Gasteiger partial charge in [0.2, 0.25) is 5.91 Å². The monoisotopic (exact) mass is 310 g/mol. The van der Waals surface area contributed by atoms with Crippen molar-refractivity contribution in [3.8, 4) is 0 Å². The van der Waals surface area contributed by atoms with Crippen LogP contribution in [-0.2, 0) is 22.6 Å². The highest BCUT2D eigenvalue weighted by Gasteiger charge is 2.15. The summed E-state index contributed by atoms with van der Waals surface area (Å²) in [6.45, 7) is 1.80. The van der Waals surface area contributed by atoms with Crippen LogP contribution in [0.25, 0.3) is 0 Å². The van der Waals surface area contributed by atoms with E-state index in [1.54, 1.807) is 0 Å². The van der Waals surface area contributed by atoms with Crippen LogP contribution in [-0.4, -0.2) is 43.0 Å². The lowest BCUT2D eigenvalue weighted by Gasteiger charge is -2.02. The second kappa shape index (κ2) is 6.41. The van der Waals surface area contributed by atoms with Gasteiger partial charge in [0, 0.05) is 18.0 Å². The van der Waals surface area contributed by atoms with Crippen molar-refractivity contribution in [2.75, 3.05) is 5.32 Å². The molecule has 1 atom stereocenters. The molecule has 0 bridgehead atoms. The molecule has 0 radical (unpaired) electrons. The van der Waals surface area contributed by atoms with Crippen LogP contribution >= 0.6 is 11.3 Å². The lowest BCUT2D eigenvalue weighted by molar-refractivity contribution is -0.138. The molecule has 9 nitrogen and oxygen atoms in total. The molecule has 2 rings (SSSR count). The number of nitrogens with zero attached hydrogens (tertiary/aromatic N) is 4. The smallest absolute Gasteiger partial charge is 0.320 e. The van der Waals surface area contributed by atoms with E-state index in [1.807, 2.05) is 12.3 Å². The number of amides is 1. The maximum absolute atomic E-state index is 11.8. The van der Waals surface area contributed by atoms with Crippen molar-refractivity contribution >= 4 is 28.3 Å². The minimum atomic E-state index is -1.11. The number of aromatic nitrogens is 4. The van der Waals surface area contributed by atoms with Crippen LogP contribution in [0.1, 0.15) is 11.4 Å². The van der Waals surface area contributed by atoms with Crippen molar-refractivity contribution in [3.63, 3.8) is 0 Å². The molecule has 10 heteroatoms. The van der Waals surface area contributed by atoms with Gasteiger partial charge < -0.3 is 16.2 Å². The summed E-state index contributed by atoms with van der Waals surface area (Å²) in [5.74, 6) is -1.40. The zero-order valence-corrected chi connectivity index (χ0v) is 12.0. The van der Waals surface area contributed by atoms with Crippen LogP contribution in [0.5, 0.6) is 0 Å². The SMILES string of the molecule is Cc1csc(NC(=O)Cn2cc(CC(N)C(=O)O)nn2)n1. The first-order valence-electron chi connectivity index (χ1n) is 6.03. The maximum Gasteiger partial charge on any atom is 0.320 e. The quantitative estimate of drug-likeness (QED) is 0.662. The molecule has 2 heterocycles. The minimum absolute atomic E-state index is 0.0338. The summed E-state index contributed by atoms with van der Waals surface area (Å²) in [6, 6.07) is -1.04. The Kier molecular flexibility index (Phi) is 4.60. The number of hydrogen-bond donors (Lipinski definition) is 3. The normalized spacial score (nSPS) is 12.1. The Labute approximate surface area is 123 Å². The van der Waals surface area contributed by atoms with Crippen LogP contribution in [0.2, 0.25) is 0 Å². The predicted molar refractivity (Wildman–Crippen MR) is 74.8 cm³/mol. The minimum Gasteiger partial charge on any atom is -0.480 e. The Bertz CT molecular complexity index is 652. The highest BCUT2D eigenvalue weighted by atomic mass is 32.1. The van der Waals surface area contributed by atoms with E-state index >= 15 is 0 Å². The van der Waals surface area contributed by atoms with E-state index in [9.17, 15) is 9.59 Å². The molecule has 1 unspecified atom stereocenters. The topological polar surface area (TPSA) is 136 Å². The molecule has 112 valence electrons. The van der Waals surface area contributed by atoms with Gasteiger partial charge in [-0.15, -0.1) is 16.4 Å². The van der Waals surface area contributed by atoms with E-state index in [0.29, 0.717) is 10.8 Å².